The van der Waals surface area contributed by atoms with Gasteiger partial charge in [-0.15, -0.1) is 0 Å². The summed E-state index contributed by atoms with van der Waals surface area (Å²) in [6.45, 7) is 6.74. The molecule has 1 amide bonds. The lowest BCUT2D eigenvalue weighted by atomic mass is 9.87. The van der Waals surface area contributed by atoms with E-state index in [-0.39, 0.29) is 18.1 Å². The molecule has 2 aromatic carbocycles. The van der Waals surface area contributed by atoms with Crippen LogP contribution in [0.2, 0.25) is 0 Å². The lowest BCUT2D eigenvalue weighted by molar-refractivity contribution is 0.0679. The molecule has 0 bridgehead atoms. The first kappa shape index (κ1) is 22.8. The van der Waals surface area contributed by atoms with E-state index in [1.807, 2.05) is 24.3 Å². The molecule has 32 heavy (non-hydrogen) atoms. The quantitative estimate of drug-likeness (QED) is 0.611. The summed E-state index contributed by atoms with van der Waals surface area (Å²) in [5.41, 5.74) is 4.79. The normalized spacial score (nSPS) is 21.1. The Bertz CT molecular complexity index is 890. The minimum absolute atomic E-state index is 0.0153. The van der Waals surface area contributed by atoms with Crippen LogP contribution in [-0.4, -0.2) is 37.3 Å². The number of carbonyl (C=O) groups is 1. The van der Waals surface area contributed by atoms with Crippen LogP contribution in [0, 0.1) is 0 Å². The van der Waals surface area contributed by atoms with Crippen LogP contribution in [0.5, 0.6) is 5.75 Å². The van der Waals surface area contributed by atoms with Gasteiger partial charge in [0.25, 0.3) is 5.91 Å². The monoisotopic (exact) mass is 436 g/mol. The number of aryl methyl sites for hydroxylation is 1. The van der Waals surface area contributed by atoms with Crippen molar-refractivity contribution in [2.45, 2.75) is 77.1 Å². The van der Waals surface area contributed by atoms with Gasteiger partial charge in [0.05, 0.1) is 6.10 Å². The second-order valence-corrected chi connectivity index (χ2v) is 9.18. The van der Waals surface area contributed by atoms with Crippen LogP contribution in [0.15, 0.2) is 42.5 Å². The van der Waals surface area contributed by atoms with Gasteiger partial charge in [-0.3, -0.25) is 4.79 Å². The zero-order valence-electron chi connectivity index (χ0n) is 19.4. The largest absolute Gasteiger partial charge is 0.491 e. The molecule has 1 aliphatic carbocycles. The van der Waals surface area contributed by atoms with Crippen LogP contribution >= 0.6 is 0 Å². The Hall–Kier alpha value is -2.37. The van der Waals surface area contributed by atoms with Gasteiger partial charge in [-0.2, -0.15) is 0 Å². The molecule has 1 aliphatic heterocycles. The summed E-state index contributed by atoms with van der Waals surface area (Å²) >= 11 is 0. The Kier molecular flexibility index (Phi) is 7.82. The highest BCUT2D eigenvalue weighted by Gasteiger charge is 2.21. The molecular weight excluding hydrogens is 400 g/mol. The smallest absolute Gasteiger partial charge is 0.251 e. The van der Waals surface area contributed by atoms with E-state index in [1.54, 1.807) is 0 Å². The van der Waals surface area contributed by atoms with Gasteiger partial charge < -0.3 is 20.1 Å². The molecule has 5 nitrogen and oxygen atoms in total. The predicted molar refractivity (Wildman–Crippen MR) is 127 cm³/mol. The average molecular weight is 437 g/mol. The molecule has 1 fully saturated rings. The van der Waals surface area contributed by atoms with Gasteiger partial charge in [0.2, 0.25) is 0 Å². The maximum Gasteiger partial charge on any atom is 0.251 e. The summed E-state index contributed by atoms with van der Waals surface area (Å²) < 4.78 is 11.4. The van der Waals surface area contributed by atoms with Gasteiger partial charge in [-0.05, 0) is 86.4 Å². The van der Waals surface area contributed by atoms with Crippen molar-refractivity contribution in [2.75, 3.05) is 13.2 Å². The summed E-state index contributed by atoms with van der Waals surface area (Å²) in [5, 5.41) is 6.78. The lowest BCUT2D eigenvalue weighted by Gasteiger charge is -2.26. The highest BCUT2D eigenvalue weighted by Crippen LogP contribution is 2.23. The topological polar surface area (TPSA) is 59.6 Å². The third kappa shape index (κ3) is 6.11. The summed E-state index contributed by atoms with van der Waals surface area (Å²) in [4.78, 5) is 12.8. The summed E-state index contributed by atoms with van der Waals surface area (Å²) in [6.07, 6.45) is 6.37. The number of nitrogens with one attached hydrogen (secondary N) is 2. The Labute approximate surface area is 191 Å². The molecule has 1 unspecified atom stereocenters. The number of rotatable bonds is 9. The van der Waals surface area contributed by atoms with Crippen LogP contribution in [-0.2, 0) is 24.1 Å². The van der Waals surface area contributed by atoms with Crippen molar-refractivity contribution >= 4 is 5.91 Å². The highest BCUT2D eigenvalue weighted by molar-refractivity contribution is 5.94. The van der Waals surface area contributed by atoms with Gasteiger partial charge in [-0.25, -0.2) is 0 Å². The number of hydrogen-bond donors (Lipinski definition) is 2. The molecule has 2 aromatic rings. The summed E-state index contributed by atoms with van der Waals surface area (Å²) in [7, 11) is 0. The maximum absolute atomic E-state index is 12.8. The fourth-order valence-corrected chi connectivity index (χ4v) is 4.41. The van der Waals surface area contributed by atoms with E-state index in [1.165, 1.54) is 16.7 Å². The zero-order chi connectivity index (χ0) is 22.3. The summed E-state index contributed by atoms with van der Waals surface area (Å²) in [6, 6.07) is 14.9. The van der Waals surface area contributed by atoms with Crippen molar-refractivity contribution < 1.29 is 14.3 Å². The van der Waals surface area contributed by atoms with Crippen LogP contribution in [0.3, 0.4) is 0 Å². The van der Waals surface area contributed by atoms with Gasteiger partial charge >= 0.3 is 0 Å². The second-order valence-electron chi connectivity index (χ2n) is 9.18. The van der Waals surface area contributed by atoms with Crippen molar-refractivity contribution in [2.24, 2.45) is 0 Å². The Balaban J connectivity index is 1.27. The summed E-state index contributed by atoms with van der Waals surface area (Å²) in [5.74, 6) is 0.765. The fraction of sp³-hybridized carbons (Fsp3) is 0.519. The third-order valence-electron chi connectivity index (χ3n) is 6.68. The van der Waals surface area contributed by atoms with E-state index in [2.05, 4.69) is 42.7 Å². The second kappa shape index (κ2) is 11.0. The molecular formula is C27H36N2O3. The number of hydrogen-bond acceptors (Lipinski definition) is 4. The number of carbonyl (C=O) groups excluding carboxylic acids is 1. The van der Waals surface area contributed by atoms with E-state index >= 15 is 0 Å². The van der Waals surface area contributed by atoms with Crippen LogP contribution in [0.1, 0.15) is 66.6 Å². The van der Waals surface area contributed by atoms with Crippen LogP contribution in [0.4, 0.5) is 0 Å². The predicted octanol–water partition coefficient (Wildman–Crippen LogP) is 4.42. The Morgan fingerprint density at radius 3 is 2.75 bits per heavy atom. The van der Waals surface area contributed by atoms with E-state index in [9.17, 15) is 4.79 Å². The number of fused-ring (bicyclic) bond motifs is 1. The van der Waals surface area contributed by atoms with Gasteiger partial charge in [0, 0.05) is 30.8 Å². The molecule has 0 radical (unpaired) electrons. The van der Waals surface area contributed by atoms with Crippen molar-refractivity contribution in [1.29, 1.82) is 0 Å². The first-order valence-electron chi connectivity index (χ1n) is 12.1. The average Bonchev–Trinajstić information content (AvgIpc) is 3.35. The van der Waals surface area contributed by atoms with E-state index in [4.69, 9.17) is 9.47 Å². The van der Waals surface area contributed by atoms with Gasteiger partial charge in [0.1, 0.15) is 12.4 Å². The molecule has 5 heteroatoms. The third-order valence-corrected chi connectivity index (χ3v) is 6.68. The number of benzene rings is 2. The Morgan fingerprint density at radius 1 is 1.16 bits per heavy atom. The van der Waals surface area contributed by atoms with E-state index in [0.717, 1.165) is 57.4 Å². The fourth-order valence-electron chi connectivity index (χ4n) is 4.41. The Morgan fingerprint density at radius 2 is 2.00 bits per heavy atom. The minimum atomic E-state index is -0.0153. The molecule has 1 saturated heterocycles. The number of ether oxygens (including phenoxy) is 2. The number of amides is 1. The SMILES string of the molecule is CCC(C)NCc1ccc2c(c1)CC[C@H](NC(=O)c1ccc(OC[C@@H]3CCCO3)cc1)C2. The molecule has 3 atom stereocenters. The first-order chi connectivity index (χ1) is 15.6. The zero-order valence-corrected chi connectivity index (χ0v) is 19.4. The van der Waals surface area contributed by atoms with Crippen LogP contribution in [0.25, 0.3) is 0 Å². The molecule has 2 aliphatic rings. The molecule has 1 heterocycles. The standard InChI is InChI=1S/C27H36N2O3/c1-3-19(2)28-17-20-6-7-23-16-24(11-8-22(23)15-20)29-27(30)21-9-12-25(13-10-21)32-18-26-5-4-14-31-26/h6-7,9-10,12-13,15,19,24,26,28H,3-5,8,11,14,16-18H2,1-2H3,(H,29,30)/t19?,24-,26-/m0/s1. The van der Waals surface area contributed by atoms with Crippen molar-refractivity contribution in [1.82, 2.24) is 10.6 Å². The first-order valence-corrected chi connectivity index (χ1v) is 12.1. The van der Waals surface area contributed by atoms with Crippen molar-refractivity contribution in [3.05, 3.63) is 64.7 Å². The maximum atomic E-state index is 12.8. The molecule has 2 N–H and O–H groups in total. The van der Waals surface area contributed by atoms with E-state index in [0.29, 0.717) is 18.2 Å². The van der Waals surface area contributed by atoms with Gasteiger partial charge in [0.15, 0.2) is 0 Å². The lowest BCUT2D eigenvalue weighted by Crippen LogP contribution is -2.38. The van der Waals surface area contributed by atoms with Crippen LogP contribution < -0.4 is 15.4 Å². The highest BCUT2D eigenvalue weighted by atomic mass is 16.5. The van der Waals surface area contributed by atoms with E-state index < -0.39 is 0 Å². The minimum Gasteiger partial charge on any atom is -0.491 e. The van der Waals surface area contributed by atoms with Crippen molar-refractivity contribution in [3.63, 3.8) is 0 Å². The molecule has 0 aromatic heterocycles. The van der Waals surface area contributed by atoms with Gasteiger partial charge in [-0.1, -0.05) is 25.1 Å². The molecule has 172 valence electrons. The van der Waals surface area contributed by atoms with Crippen molar-refractivity contribution in [3.8, 4) is 5.75 Å². The molecule has 4 rings (SSSR count). The molecule has 0 spiro atoms. The molecule has 0 saturated carbocycles.